The Morgan fingerprint density at radius 3 is 1.31 bits per heavy atom. The van der Waals surface area contributed by atoms with Gasteiger partial charge in [0.2, 0.25) is 0 Å². The SMILES string of the molecule is N#Cc1cc(C#N)c(Sc2ccc(-n3c4ccccc4c4c3c3c5ccccc5n(-c5ccccn5)c3c3c5ccccc5n(-c5ccccn5)c43)cc2)c(C#N)c1. The molecular formula is C49H26N8S. The van der Waals surface area contributed by atoms with E-state index in [0.717, 1.165) is 87.6 Å². The van der Waals surface area contributed by atoms with Gasteiger partial charge in [-0.15, -0.1) is 0 Å². The lowest BCUT2D eigenvalue weighted by molar-refractivity contribution is 1.08. The molecule has 8 nitrogen and oxygen atoms in total. The van der Waals surface area contributed by atoms with Crippen molar-refractivity contribution < 1.29 is 0 Å². The fraction of sp³-hybridized carbons (Fsp3) is 0. The van der Waals surface area contributed by atoms with Gasteiger partial charge in [0.05, 0.1) is 55.9 Å². The molecule has 0 saturated carbocycles. The fourth-order valence-corrected chi connectivity index (χ4v) is 9.55. The lowest BCUT2D eigenvalue weighted by Gasteiger charge is -2.13. The molecule has 0 aliphatic rings. The van der Waals surface area contributed by atoms with Gasteiger partial charge < -0.3 is 4.57 Å². The molecule has 0 atom stereocenters. The van der Waals surface area contributed by atoms with Crippen LogP contribution in [-0.2, 0) is 0 Å². The van der Waals surface area contributed by atoms with E-state index in [0.29, 0.717) is 16.0 Å². The number of hydrogen-bond acceptors (Lipinski definition) is 6. The highest BCUT2D eigenvalue weighted by molar-refractivity contribution is 7.99. The number of para-hydroxylation sites is 3. The molecule has 5 aromatic heterocycles. The second kappa shape index (κ2) is 13.0. The van der Waals surface area contributed by atoms with Crippen molar-refractivity contribution in [2.45, 2.75) is 9.79 Å². The first-order chi connectivity index (χ1) is 28.7. The molecule has 11 rings (SSSR count). The molecule has 268 valence electrons. The zero-order chi connectivity index (χ0) is 38.9. The molecule has 58 heavy (non-hydrogen) atoms. The van der Waals surface area contributed by atoms with E-state index in [4.69, 9.17) is 9.97 Å². The van der Waals surface area contributed by atoms with E-state index < -0.39 is 0 Å². The van der Waals surface area contributed by atoms with E-state index in [1.807, 2.05) is 48.8 Å². The largest absolute Gasteiger partial charge is 0.308 e. The standard InChI is InChI=1S/C49H26N8S/c50-27-30-25-31(28-51)49(32(26-30)29-52)58-34-21-19-33(20-22-34)55-38-14-4-1-11-35(38)43-46(55)44-36-12-2-5-15-39(36)56(41-17-7-9-23-53-41)48(44)45-37-13-3-6-16-40(37)57(47(43)45)42-18-8-10-24-54-42/h1-26H. The first kappa shape index (κ1) is 33.2. The summed E-state index contributed by atoms with van der Waals surface area (Å²) in [5.41, 5.74) is 8.14. The van der Waals surface area contributed by atoms with Crippen LogP contribution in [0.15, 0.2) is 168 Å². The number of nitriles is 3. The van der Waals surface area contributed by atoms with Gasteiger partial charge in [-0.1, -0.05) is 78.5 Å². The first-order valence-electron chi connectivity index (χ1n) is 18.6. The third kappa shape index (κ3) is 4.74. The molecule has 0 aliphatic heterocycles. The zero-order valence-electron chi connectivity index (χ0n) is 30.5. The molecule has 0 saturated heterocycles. The van der Waals surface area contributed by atoms with Gasteiger partial charge in [0.1, 0.15) is 23.8 Å². The molecule has 5 heterocycles. The van der Waals surface area contributed by atoms with Crippen LogP contribution in [0.4, 0.5) is 0 Å². The molecule has 0 N–H and O–H groups in total. The highest BCUT2D eigenvalue weighted by Gasteiger charge is 2.29. The number of pyridine rings is 2. The topological polar surface area (TPSA) is 112 Å². The number of aromatic nitrogens is 5. The smallest absolute Gasteiger partial charge is 0.137 e. The summed E-state index contributed by atoms with van der Waals surface area (Å²) in [4.78, 5) is 11.3. The summed E-state index contributed by atoms with van der Waals surface area (Å²) in [6.07, 6.45) is 3.69. The van der Waals surface area contributed by atoms with Gasteiger partial charge in [0.25, 0.3) is 0 Å². The fourth-order valence-electron chi connectivity index (χ4n) is 8.62. The average Bonchev–Trinajstić information content (AvgIpc) is 3.93. The number of benzene rings is 6. The highest BCUT2D eigenvalue weighted by atomic mass is 32.2. The van der Waals surface area contributed by atoms with Gasteiger partial charge in [0.15, 0.2) is 0 Å². The first-order valence-corrected chi connectivity index (χ1v) is 19.4. The molecule has 9 heteroatoms. The van der Waals surface area contributed by atoms with Gasteiger partial charge in [0, 0.05) is 60.2 Å². The lowest BCUT2D eigenvalue weighted by atomic mass is 10.0. The minimum atomic E-state index is 0.283. The third-order valence-electron chi connectivity index (χ3n) is 10.9. The Kier molecular flexibility index (Phi) is 7.42. The minimum absolute atomic E-state index is 0.283. The highest BCUT2D eigenvalue weighted by Crippen LogP contribution is 2.50. The van der Waals surface area contributed by atoms with Gasteiger partial charge in [-0.2, -0.15) is 15.8 Å². The third-order valence-corrected chi connectivity index (χ3v) is 12.0. The summed E-state index contributed by atoms with van der Waals surface area (Å²) in [6, 6.07) is 55.5. The van der Waals surface area contributed by atoms with Crippen molar-refractivity contribution in [2.75, 3.05) is 0 Å². The van der Waals surface area contributed by atoms with E-state index in [2.05, 4.69) is 129 Å². The van der Waals surface area contributed by atoms with Crippen LogP contribution >= 0.6 is 11.8 Å². The average molecular weight is 759 g/mol. The second-order valence-corrected chi connectivity index (χ2v) is 15.0. The van der Waals surface area contributed by atoms with E-state index in [1.54, 1.807) is 0 Å². The van der Waals surface area contributed by atoms with Crippen molar-refractivity contribution in [3.8, 4) is 35.5 Å². The van der Waals surface area contributed by atoms with Gasteiger partial charge in [-0.05, 0) is 78.9 Å². The predicted octanol–water partition coefficient (Wildman–Crippen LogP) is 11.5. The normalized spacial score (nSPS) is 11.5. The van der Waals surface area contributed by atoms with Crippen LogP contribution in [-0.4, -0.2) is 23.7 Å². The van der Waals surface area contributed by atoms with Crippen molar-refractivity contribution in [1.29, 1.82) is 15.8 Å². The lowest BCUT2D eigenvalue weighted by Crippen LogP contribution is -1.99. The number of hydrogen-bond donors (Lipinski definition) is 0. The maximum atomic E-state index is 9.96. The quantitative estimate of drug-likeness (QED) is 0.173. The van der Waals surface area contributed by atoms with E-state index in [9.17, 15) is 15.8 Å². The van der Waals surface area contributed by atoms with Crippen LogP contribution in [0.5, 0.6) is 0 Å². The van der Waals surface area contributed by atoms with Crippen LogP contribution in [0, 0.1) is 34.0 Å². The number of fused-ring (bicyclic) bond motifs is 12. The summed E-state index contributed by atoms with van der Waals surface area (Å²) >= 11 is 1.35. The van der Waals surface area contributed by atoms with E-state index >= 15 is 0 Å². The van der Waals surface area contributed by atoms with Gasteiger partial charge in [-0.25, -0.2) is 9.97 Å². The molecule has 0 spiro atoms. The van der Waals surface area contributed by atoms with Crippen LogP contribution in [0.2, 0.25) is 0 Å². The molecule has 0 unspecified atom stereocenters. The van der Waals surface area contributed by atoms with Gasteiger partial charge in [-0.3, -0.25) is 9.13 Å². The summed E-state index contributed by atoms with van der Waals surface area (Å²) in [6.45, 7) is 0. The molecule has 0 bridgehead atoms. The molecular weight excluding hydrogens is 733 g/mol. The monoisotopic (exact) mass is 758 g/mol. The zero-order valence-corrected chi connectivity index (χ0v) is 31.3. The molecule has 0 amide bonds. The molecule has 0 radical (unpaired) electrons. The maximum absolute atomic E-state index is 9.96. The van der Waals surface area contributed by atoms with Crippen molar-refractivity contribution in [3.05, 3.63) is 175 Å². The van der Waals surface area contributed by atoms with Crippen molar-refractivity contribution in [2.24, 2.45) is 0 Å². The Morgan fingerprint density at radius 2 is 0.879 bits per heavy atom. The Morgan fingerprint density at radius 1 is 0.448 bits per heavy atom. The Bertz CT molecular complexity index is 3510. The van der Waals surface area contributed by atoms with Crippen molar-refractivity contribution in [1.82, 2.24) is 23.7 Å². The predicted molar refractivity (Wildman–Crippen MR) is 230 cm³/mol. The van der Waals surface area contributed by atoms with Crippen molar-refractivity contribution in [3.63, 3.8) is 0 Å². The molecule has 0 fully saturated rings. The summed E-state index contributed by atoms with van der Waals surface area (Å²) in [7, 11) is 0. The summed E-state index contributed by atoms with van der Waals surface area (Å²) in [5.74, 6) is 1.65. The molecule has 0 aliphatic carbocycles. The van der Waals surface area contributed by atoms with E-state index in [1.165, 1.54) is 23.9 Å². The van der Waals surface area contributed by atoms with Crippen LogP contribution in [0.3, 0.4) is 0 Å². The van der Waals surface area contributed by atoms with Crippen LogP contribution in [0.25, 0.3) is 82.7 Å². The number of rotatable bonds is 5. The molecule has 6 aromatic carbocycles. The minimum Gasteiger partial charge on any atom is -0.308 e. The second-order valence-electron chi connectivity index (χ2n) is 13.9. The van der Waals surface area contributed by atoms with Gasteiger partial charge >= 0.3 is 0 Å². The Balaban J connectivity index is 1.30. The summed E-state index contributed by atoms with van der Waals surface area (Å²) < 4.78 is 6.97. The Hall–Kier alpha value is -8.16. The van der Waals surface area contributed by atoms with E-state index in [-0.39, 0.29) is 5.56 Å². The Labute approximate surface area is 335 Å². The molecule has 11 aromatic rings. The van der Waals surface area contributed by atoms with Crippen LogP contribution in [0.1, 0.15) is 16.7 Å². The van der Waals surface area contributed by atoms with Crippen LogP contribution < -0.4 is 0 Å². The number of nitrogens with zero attached hydrogens (tertiary/aromatic N) is 8. The summed E-state index contributed by atoms with van der Waals surface area (Å²) in [5, 5.41) is 36.1. The van der Waals surface area contributed by atoms with Crippen molar-refractivity contribution >= 4 is 77.2 Å². The maximum Gasteiger partial charge on any atom is 0.137 e.